The van der Waals surface area contributed by atoms with Gasteiger partial charge in [-0.1, -0.05) is 123 Å². The fourth-order valence-electron chi connectivity index (χ4n) is 9.48. The highest BCUT2D eigenvalue weighted by Gasteiger charge is 2.22. The van der Waals surface area contributed by atoms with Gasteiger partial charge in [-0.25, -0.2) is 0 Å². The molecular weight excluding hydrogens is 641 g/mol. The van der Waals surface area contributed by atoms with Gasteiger partial charge in [-0.2, -0.15) is 0 Å². The largest absolute Gasteiger partial charge is 0.308 e. The summed E-state index contributed by atoms with van der Waals surface area (Å²) >= 11 is 0. The first-order valence-corrected chi connectivity index (χ1v) is 18.7. The molecule has 4 aromatic heterocycles. The molecule has 0 aliphatic heterocycles. The molecule has 2 heteroatoms. The SMILES string of the molecule is CC(C)c1ccc2c(c1)c1cccc3c4cc(-c5cc6c7ccccc7n7c8ccc(-c9ccccc9-c9ccccc9)cc8c(c5)c67)ccc4n2c31. The van der Waals surface area contributed by atoms with Crippen LogP contribution in [0.25, 0.3) is 110 Å². The second-order valence-corrected chi connectivity index (χ2v) is 15.1. The molecule has 8 aromatic carbocycles. The smallest absolute Gasteiger partial charge is 0.0620 e. The van der Waals surface area contributed by atoms with Crippen molar-refractivity contribution in [1.82, 2.24) is 8.80 Å². The molecular formula is C51H34N2. The second-order valence-electron chi connectivity index (χ2n) is 15.1. The van der Waals surface area contributed by atoms with Crippen LogP contribution in [0.3, 0.4) is 0 Å². The minimum absolute atomic E-state index is 0.495. The Morgan fingerprint density at radius 1 is 0.321 bits per heavy atom. The van der Waals surface area contributed by atoms with Crippen LogP contribution in [-0.2, 0) is 0 Å². The van der Waals surface area contributed by atoms with Crippen LogP contribution >= 0.6 is 0 Å². The minimum Gasteiger partial charge on any atom is -0.308 e. The molecule has 0 unspecified atom stereocenters. The second kappa shape index (κ2) is 10.5. The quantitative estimate of drug-likeness (QED) is 0.176. The highest BCUT2D eigenvalue weighted by Crippen LogP contribution is 2.45. The summed E-state index contributed by atoms with van der Waals surface area (Å²) < 4.78 is 4.98. The first kappa shape index (κ1) is 29.0. The van der Waals surface area contributed by atoms with Crippen LogP contribution in [0, 0.1) is 0 Å². The molecule has 0 amide bonds. The lowest BCUT2D eigenvalue weighted by molar-refractivity contribution is 0.869. The average Bonchev–Trinajstić information content (AvgIpc) is 3.94. The highest BCUT2D eigenvalue weighted by atomic mass is 14.9. The number of hydrogen-bond donors (Lipinski definition) is 0. The molecule has 0 atom stereocenters. The van der Waals surface area contributed by atoms with Gasteiger partial charge in [0.25, 0.3) is 0 Å². The molecule has 0 fully saturated rings. The third-order valence-electron chi connectivity index (χ3n) is 12.0. The highest BCUT2D eigenvalue weighted by molar-refractivity contribution is 6.26. The Kier molecular flexibility index (Phi) is 5.72. The first-order chi connectivity index (χ1) is 26.1. The lowest BCUT2D eigenvalue weighted by Crippen LogP contribution is -1.87. The van der Waals surface area contributed by atoms with E-state index >= 15 is 0 Å². The standard InChI is InChI=1S/C51H34N2/c1-30(2)32-19-22-47-41(25-32)39-16-10-17-40-42-26-33(20-23-48(42)53(47)50(39)40)35-28-44-38-15-8-9-18-46(38)52-49-24-21-34(27-43(49)45(29-35)51(44)52)37-14-7-6-13-36(37)31-11-4-3-5-12-31/h3-30H,1-2H3. The maximum Gasteiger partial charge on any atom is 0.0620 e. The van der Waals surface area contributed by atoms with E-state index < -0.39 is 0 Å². The van der Waals surface area contributed by atoms with Crippen LogP contribution in [0.15, 0.2) is 164 Å². The van der Waals surface area contributed by atoms with Crippen LogP contribution in [0.2, 0.25) is 0 Å². The number of hydrogen-bond acceptors (Lipinski definition) is 0. The van der Waals surface area contributed by atoms with Gasteiger partial charge in [0.2, 0.25) is 0 Å². The number of fused-ring (bicyclic) bond motifs is 12. The van der Waals surface area contributed by atoms with Gasteiger partial charge in [0, 0.05) is 43.1 Å². The van der Waals surface area contributed by atoms with Gasteiger partial charge in [0.05, 0.1) is 33.1 Å². The average molecular weight is 675 g/mol. The maximum atomic E-state index is 2.49. The maximum absolute atomic E-state index is 2.49. The Morgan fingerprint density at radius 3 is 1.55 bits per heavy atom. The Hall–Kier alpha value is -6.64. The van der Waals surface area contributed by atoms with E-state index in [-0.39, 0.29) is 0 Å². The summed E-state index contributed by atoms with van der Waals surface area (Å²) in [6, 6.07) is 61.3. The molecule has 4 heterocycles. The Balaban J connectivity index is 1.11. The molecule has 0 aliphatic rings. The predicted octanol–water partition coefficient (Wildman–Crippen LogP) is 14.1. The van der Waals surface area contributed by atoms with Gasteiger partial charge in [0.1, 0.15) is 0 Å². The van der Waals surface area contributed by atoms with Gasteiger partial charge < -0.3 is 8.80 Å². The molecule has 248 valence electrons. The number of para-hydroxylation sites is 2. The van der Waals surface area contributed by atoms with Crippen LogP contribution in [0.1, 0.15) is 25.3 Å². The van der Waals surface area contributed by atoms with E-state index in [0.29, 0.717) is 5.92 Å². The first-order valence-electron chi connectivity index (χ1n) is 18.7. The van der Waals surface area contributed by atoms with Crippen molar-refractivity contribution in [3.8, 4) is 33.4 Å². The zero-order chi connectivity index (χ0) is 34.9. The fraction of sp³-hybridized carbons (Fsp3) is 0.0588. The summed E-state index contributed by atoms with van der Waals surface area (Å²) in [5.41, 5.74) is 16.5. The number of benzene rings is 8. The molecule has 0 saturated carbocycles. The van der Waals surface area contributed by atoms with Gasteiger partial charge in [-0.05, 0) is 99.5 Å². The van der Waals surface area contributed by atoms with Crippen molar-refractivity contribution in [2.24, 2.45) is 0 Å². The Bertz CT molecular complexity index is 3410. The topological polar surface area (TPSA) is 8.82 Å². The van der Waals surface area contributed by atoms with Gasteiger partial charge in [-0.15, -0.1) is 0 Å². The molecule has 0 bridgehead atoms. The molecule has 12 aromatic rings. The van der Waals surface area contributed by atoms with E-state index in [9.17, 15) is 0 Å². The van der Waals surface area contributed by atoms with E-state index in [1.807, 2.05) is 0 Å². The predicted molar refractivity (Wildman–Crippen MR) is 226 cm³/mol. The van der Waals surface area contributed by atoms with Crippen LogP contribution in [0.4, 0.5) is 0 Å². The number of nitrogens with zero attached hydrogens (tertiary/aromatic N) is 2. The summed E-state index contributed by atoms with van der Waals surface area (Å²) in [6.07, 6.45) is 0. The monoisotopic (exact) mass is 674 g/mol. The van der Waals surface area contributed by atoms with Gasteiger partial charge in [-0.3, -0.25) is 0 Å². The van der Waals surface area contributed by atoms with Crippen molar-refractivity contribution in [2.45, 2.75) is 19.8 Å². The van der Waals surface area contributed by atoms with Gasteiger partial charge in [0.15, 0.2) is 0 Å². The number of rotatable bonds is 4. The molecule has 0 radical (unpaired) electrons. The summed E-state index contributed by atoms with van der Waals surface area (Å²) in [5, 5.41) is 10.5. The Labute approximate surface area is 306 Å². The minimum atomic E-state index is 0.495. The third-order valence-corrected chi connectivity index (χ3v) is 12.0. The van der Waals surface area contributed by atoms with Crippen molar-refractivity contribution in [3.63, 3.8) is 0 Å². The Morgan fingerprint density at radius 2 is 0.811 bits per heavy atom. The summed E-state index contributed by atoms with van der Waals surface area (Å²) in [4.78, 5) is 0. The normalized spacial score (nSPS) is 12.5. The molecule has 0 aliphatic carbocycles. The van der Waals surface area contributed by atoms with Crippen molar-refractivity contribution in [2.75, 3.05) is 0 Å². The van der Waals surface area contributed by atoms with E-state index in [0.717, 1.165) is 0 Å². The fourth-order valence-corrected chi connectivity index (χ4v) is 9.48. The molecule has 0 N–H and O–H groups in total. The van der Waals surface area contributed by atoms with Crippen molar-refractivity contribution >= 4 is 76.2 Å². The van der Waals surface area contributed by atoms with Crippen molar-refractivity contribution < 1.29 is 0 Å². The zero-order valence-electron chi connectivity index (χ0n) is 29.6. The van der Waals surface area contributed by atoms with Gasteiger partial charge >= 0.3 is 0 Å². The summed E-state index contributed by atoms with van der Waals surface area (Å²) in [5.74, 6) is 0.495. The van der Waals surface area contributed by atoms with E-state index in [1.54, 1.807) is 0 Å². The number of aromatic nitrogens is 2. The lowest BCUT2D eigenvalue weighted by Gasteiger charge is -2.11. The zero-order valence-corrected chi connectivity index (χ0v) is 29.6. The third kappa shape index (κ3) is 3.87. The van der Waals surface area contributed by atoms with Crippen LogP contribution in [0.5, 0.6) is 0 Å². The van der Waals surface area contributed by atoms with E-state index in [2.05, 4.69) is 186 Å². The molecule has 0 spiro atoms. The van der Waals surface area contributed by atoms with Crippen LogP contribution < -0.4 is 0 Å². The lowest BCUT2D eigenvalue weighted by atomic mass is 9.93. The van der Waals surface area contributed by atoms with Crippen molar-refractivity contribution in [3.05, 3.63) is 169 Å². The molecule has 12 rings (SSSR count). The summed E-state index contributed by atoms with van der Waals surface area (Å²) in [7, 11) is 0. The van der Waals surface area contributed by atoms with E-state index in [4.69, 9.17) is 0 Å². The van der Waals surface area contributed by atoms with Crippen molar-refractivity contribution in [1.29, 1.82) is 0 Å². The van der Waals surface area contributed by atoms with E-state index in [1.165, 1.54) is 115 Å². The molecule has 0 saturated heterocycles. The summed E-state index contributed by atoms with van der Waals surface area (Å²) in [6.45, 7) is 4.55. The molecule has 2 nitrogen and oxygen atoms in total. The molecule has 53 heavy (non-hydrogen) atoms. The van der Waals surface area contributed by atoms with Crippen LogP contribution in [-0.4, -0.2) is 8.80 Å².